The second-order valence-electron chi connectivity index (χ2n) is 5.54. The molecular formula is C17H18ClN5O. The third kappa shape index (κ3) is 3.49. The molecule has 0 aliphatic heterocycles. The first kappa shape index (κ1) is 16.3. The molecule has 0 saturated heterocycles. The van der Waals surface area contributed by atoms with E-state index in [2.05, 4.69) is 20.6 Å². The summed E-state index contributed by atoms with van der Waals surface area (Å²) < 4.78 is 1.75. The van der Waals surface area contributed by atoms with Crippen molar-refractivity contribution < 1.29 is 4.79 Å². The molecule has 124 valence electrons. The molecule has 2 N–H and O–H groups in total. The number of amides is 1. The van der Waals surface area contributed by atoms with Gasteiger partial charge >= 0.3 is 0 Å². The van der Waals surface area contributed by atoms with Crippen molar-refractivity contribution in [3.63, 3.8) is 0 Å². The lowest BCUT2D eigenvalue weighted by Crippen LogP contribution is -2.15. The molecule has 3 rings (SSSR count). The molecule has 0 fully saturated rings. The minimum atomic E-state index is -0.121. The van der Waals surface area contributed by atoms with Crippen molar-refractivity contribution in [1.82, 2.24) is 20.0 Å². The highest BCUT2D eigenvalue weighted by atomic mass is 35.5. The van der Waals surface area contributed by atoms with Crippen LogP contribution in [0.2, 0.25) is 5.02 Å². The summed E-state index contributed by atoms with van der Waals surface area (Å²) in [7, 11) is 0. The Morgan fingerprint density at radius 3 is 2.71 bits per heavy atom. The maximum atomic E-state index is 12.1. The van der Waals surface area contributed by atoms with Crippen LogP contribution in [-0.2, 0) is 11.3 Å². The van der Waals surface area contributed by atoms with E-state index in [0.29, 0.717) is 23.8 Å². The summed E-state index contributed by atoms with van der Waals surface area (Å²) in [5, 5.41) is 14.8. The Balaban J connectivity index is 1.59. The van der Waals surface area contributed by atoms with E-state index in [9.17, 15) is 4.79 Å². The number of benzene rings is 1. The Hall–Kier alpha value is -2.60. The highest BCUT2D eigenvalue weighted by molar-refractivity contribution is 6.31. The van der Waals surface area contributed by atoms with Crippen LogP contribution in [0, 0.1) is 13.8 Å². The van der Waals surface area contributed by atoms with Gasteiger partial charge in [-0.3, -0.25) is 14.6 Å². The fraction of sp³-hybridized carbons (Fsp3) is 0.235. The SMILES string of the molecule is Cc1nn(CCC(=O)Nc2cc(-c3ccccc3)[nH]n2)c(C)c1Cl. The van der Waals surface area contributed by atoms with E-state index in [0.717, 1.165) is 22.6 Å². The van der Waals surface area contributed by atoms with Crippen LogP contribution >= 0.6 is 11.6 Å². The van der Waals surface area contributed by atoms with Gasteiger partial charge in [-0.2, -0.15) is 10.2 Å². The van der Waals surface area contributed by atoms with E-state index in [-0.39, 0.29) is 5.91 Å². The molecule has 0 atom stereocenters. The van der Waals surface area contributed by atoms with Crippen molar-refractivity contribution in [2.75, 3.05) is 5.32 Å². The molecule has 0 aliphatic carbocycles. The third-order valence-corrected chi connectivity index (χ3v) is 4.32. The van der Waals surface area contributed by atoms with Crippen molar-refractivity contribution in [3.05, 3.63) is 52.8 Å². The van der Waals surface area contributed by atoms with Crippen LogP contribution in [0.1, 0.15) is 17.8 Å². The zero-order valence-electron chi connectivity index (χ0n) is 13.5. The summed E-state index contributed by atoms with van der Waals surface area (Å²) in [6, 6.07) is 11.6. The van der Waals surface area contributed by atoms with Crippen molar-refractivity contribution in [2.45, 2.75) is 26.8 Å². The van der Waals surface area contributed by atoms with Gasteiger partial charge in [-0.25, -0.2) is 0 Å². The predicted molar refractivity (Wildman–Crippen MR) is 94.0 cm³/mol. The fourth-order valence-electron chi connectivity index (χ4n) is 2.46. The summed E-state index contributed by atoms with van der Waals surface area (Å²) >= 11 is 6.11. The van der Waals surface area contributed by atoms with Crippen LogP contribution in [-0.4, -0.2) is 25.9 Å². The molecule has 7 heteroatoms. The Morgan fingerprint density at radius 2 is 2.04 bits per heavy atom. The minimum absolute atomic E-state index is 0.121. The van der Waals surface area contributed by atoms with Gasteiger partial charge in [0.15, 0.2) is 5.82 Å². The van der Waals surface area contributed by atoms with Crippen LogP contribution in [0.15, 0.2) is 36.4 Å². The predicted octanol–water partition coefficient (Wildman–Crippen LogP) is 3.57. The number of carbonyl (C=O) groups is 1. The average Bonchev–Trinajstić information content (AvgIpc) is 3.14. The van der Waals surface area contributed by atoms with Crippen LogP contribution in [0.4, 0.5) is 5.82 Å². The van der Waals surface area contributed by atoms with E-state index in [1.54, 1.807) is 4.68 Å². The largest absolute Gasteiger partial charge is 0.309 e. The maximum Gasteiger partial charge on any atom is 0.227 e. The Kier molecular flexibility index (Phi) is 4.66. The maximum absolute atomic E-state index is 12.1. The number of aromatic amines is 1. The molecule has 0 radical (unpaired) electrons. The summed E-state index contributed by atoms with van der Waals surface area (Å²) in [4.78, 5) is 12.1. The van der Waals surface area contributed by atoms with Gasteiger partial charge in [0.05, 0.1) is 28.6 Å². The number of rotatable bonds is 5. The third-order valence-electron chi connectivity index (χ3n) is 3.77. The molecule has 0 bridgehead atoms. The van der Waals surface area contributed by atoms with E-state index in [1.165, 1.54) is 0 Å². The van der Waals surface area contributed by atoms with E-state index in [1.807, 2.05) is 50.2 Å². The zero-order valence-corrected chi connectivity index (χ0v) is 14.3. The lowest BCUT2D eigenvalue weighted by molar-refractivity contribution is -0.116. The topological polar surface area (TPSA) is 75.6 Å². The normalized spacial score (nSPS) is 10.8. The number of aromatic nitrogens is 4. The average molecular weight is 344 g/mol. The Morgan fingerprint density at radius 1 is 1.29 bits per heavy atom. The summed E-state index contributed by atoms with van der Waals surface area (Å²) in [6.07, 6.45) is 0.297. The number of nitrogens with zero attached hydrogens (tertiary/aromatic N) is 3. The van der Waals surface area contributed by atoms with Crippen LogP contribution in [0.5, 0.6) is 0 Å². The fourth-order valence-corrected chi connectivity index (χ4v) is 2.59. The quantitative estimate of drug-likeness (QED) is 0.743. The zero-order chi connectivity index (χ0) is 17.1. The van der Waals surface area contributed by atoms with Crippen LogP contribution in [0.3, 0.4) is 0 Å². The lowest BCUT2D eigenvalue weighted by atomic mass is 10.1. The first-order valence-electron chi connectivity index (χ1n) is 7.65. The standard InChI is InChI=1S/C17H18ClN5O/c1-11-17(18)12(2)23(22-11)9-8-16(24)19-15-10-14(20-21-15)13-6-4-3-5-7-13/h3-7,10H,8-9H2,1-2H3,(H2,19,20,21,24). The molecule has 2 aromatic heterocycles. The molecular weight excluding hydrogens is 326 g/mol. The molecule has 1 amide bonds. The summed E-state index contributed by atoms with van der Waals surface area (Å²) in [6.45, 7) is 4.21. The van der Waals surface area contributed by atoms with Crippen molar-refractivity contribution in [2.24, 2.45) is 0 Å². The van der Waals surface area contributed by atoms with Gasteiger partial charge in [-0.1, -0.05) is 41.9 Å². The molecule has 3 aromatic rings. The van der Waals surface area contributed by atoms with Crippen molar-refractivity contribution >= 4 is 23.3 Å². The number of hydrogen-bond donors (Lipinski definition) is 2. The molecule has 2 heterocycles. The van der Waals surface area contributed by atoms with Gasteiger partial charge in [-0.05, 0) is 19.4 Å². The first-order valence-corrected chi connectivity index (χ1v) is 8.02. The van der Waals surface area contributed by atoms with Gasteiger partial charge < -0.3 is 5.32 Å². The molecule has 0 aliphatic rings. The van der Waals surface area contributed by atoms with E-state index in [4.69, 9.17) is 11.6 Å². The number of nitrogens with one attached hydrogen (secondary N) is 2. The van der Waals surface area contributed by atoms with Crippen molar-refractivity contribution in [1.29, 1.82) is 0 Å². The van der Waals surface area contributed by atoms with Crippen LogP contribution < -0.4 is 5.32 Å². The minimum Gasteiger partial charge on any atom is -0.309 e. The Bertz CT molecular complexity index is 853. The number of H-pyrrole nitrogens is 1. The number of halogens is 1. The van der Waals surface area contributed by atoms with Gasteiger partial charge in [0.1, 0.15) is 0 Å². The Labute approximate surface area is 144 Å². The smallest absolute Gasteiger partial charge is 0.227 e. The van der Waals surface area contributed by atoms with Crippen molar-refractivity contribution in [3.8, 4) is 11.3 Å². The molecule has 0 saturated carbocycles. The number of hydrogen-bond acceptors (Lipinski definition) is 3. The van der Waals surface area contributed by atoms with Gasteiger partial charge in [0, 0.05) is 12.5 Å². The first-order chi connectivity index (χ1) is 11.5. The monoisotopic (exact) mass is 343 g/mol. The number of carbonyl (C=O) groups excluding carboxylic acids is 1. The molecule has 0 spiro atoms. The number of aryl methyl sites for hydroxylation is 2. The molecule has 6 nitrogen and oxygen atoms in total. The second kappa shape index (κ2) is 6.88. The molecule has 0 unspecified atom stereocenters. The van der Waals surface area contributed by atoms with Crippen LogP contribution in [0.25, 0.3) is 11.3 Å². The highest BCUT2D eigenvalue weighted by Crippen LogP contribution is 2.20. The number of anilines is 1. The molecule has 24 heavy (non-hydrogen) atoms. The second-order valence-corrected chi connectivity index (χ2v) is 5.92. The molecule has 1 aromatic carbocycles. The van der Waals surface area contributed by atoms with E-state index >= 15 is 0 Å². The van der Waals surface area contributed by atoms with Gasteiger partial charge in [0.2, 0.25) is 5.91 Å². The van der Waals surface area contributed by atoms with E-state index < -0.39 is 0 Å². The van der Waals surface area contributed by atoms with Gasteiger partial charge in [-0.15, -0.1) is 0 Å². The lowest BCUT2D eigenvalue weighted by Gasteiger charge is -2.04. The summed E-state index contributed by atoms with van der Waals surface area (Å²) in [5.74, 6) is 0.384. The summed E-state index contributed by atoms with van der Waals surface area (Å²) in [5.41, 5.74) is 3.52. The highest BCUT2D eigenvalue weighted by Gasteiger charge is 2.11. The van der Waals surface area contributed by atoms with Gasteiger partial charge in [0.25, 0.3) is 0 Å².